The molecule has 0 aliphatic heterocycles. The number of methoxy groups -OCH3 is 2. The average Bonchev–Trinajstić information content (AvgIpc) is 2.37. The van der Waals surface area contributed by atoms with Crippen LogP contribution in [-0.4, -0.2) is 46.9 Å². The van der Waals surface area contributed by atoms with Gasteiger partial charge in [-0.15, -0.1) is 0 Å². The fourth-order valence-electron chi connectivity index (χ4n) is 1.40. The Bertz CT molecular complexity index is 572. The number of carbonyl (C=O) groups is 1. The van der Waals surface area contributed by atoms with Crippen LogP contribution in [0.15, 0.2) is 18.2 Å². The summed E-state index contributed by atoms with van der Waals surface area (Å²) in [6.07, 6.45) is 0. The van der Waals surface area contributed by atoms with Crippen molar-refractivity contribution in [3.8, 4) is 5.75 Å². The van der Waals surface area contributed by atoms with Crippen molar-refractivity contribution in [2.75, 3.05) is 32.1 Å². The number of nitrogens with one attached hydrogen (secondary N) is 2. The van der Waals surface area contributed by atoms with Gasteiger partial charge in [0, 0.05) is 19.7 Å². The number of rotatable bonds is 8. The normalized spacial score (nSPS) is 11.1. The monoisotopic (exact) mass is 304 g/mol. The van der Waals surface area contributed by atoms with Crippen LogP contribution in [-0.2, 0) is 14.9 Å². The van der Waals surface area contributed by atoms with E-state index >= 15 is 0 Å². The molecular formula is C11H16N2O6S. The molecule has 1 rings (SSSR count). The average molecular weight is 304 g/mol. The molecule has 9 heteroatoms. The summed E-state index contributed by atoms with van der Waals surface area (Å²) >= 11 is 0. The first-order valence-corrected chi connectivity index (χ1v) is 7.05. The molecule has 0 fully saturated rings. The van der Waals surface area contributed by atoms with Gasteiger partial charge in [0.2, 0.25) is 0 Å². The number of ether oxygens (including phenoxy) is 2. The molecule has 0 atom stereocenters. The Kier molecular flexibility index (Phi) is 5.74. The SMILES string of the molecule is COCCNS(=O)(=O)Nc1ccc(C(=O)O)c(OC)c1. The van der Waals surface area contributed by atoms with Crippen molar-refractivity contribution < 1.29 is 27.8 Å². The second kappa shape index (κ2) is 7.08. The molecule has 0 amide bonds. The topological polar surface area (TPSA) is 114 Å². The first-order valence-electron chi connectivity index (χ1n) is 5.57. The minimum Gasteiger partial charge on any atom is -0.496 e. The molecule has 1 aromatic carbocycles. The Balaban J connectivity index is 2.85. The Morgan fingerprint density at radius 2 is 2.05 bits per heavy atom. The summed E-state index contributed by atoms with van der Waals surface area (Å²) in [6.45, 7) is 0.359. The zero-order chi connectivity index (χ0) is 15.2. The predicted octanol–water partition coefficient (Wildman–Crippen LogP) is 0.286. The molecule has 112 valence electrons. The number of carboxylic acid groups (broad SMARTS) is 1. The van der Waals surface area contributed by atoms with E-state index in [9.17, 15) is 13.2 Å². The Hall–Kier alpha value is -1.84. The molecular weight excluding hydrogens is 288 g/mol. The zero-order valence-electron chi connectivity index (χ0n) is 11.0. The third kappa shape index (κ3) is 4.68. The Morgan fingerprint density at radius 1 is 1.35 bits per heavy atom. The quantitative estimate of drug-likeness (QED) is 0.595. The maximum atomic E-state index is 11.7. The molecule has 0 unspecified atom stereocenters. The molecule has 0 aliphatic rings. The lowest BCUT2D eigenvalue weighted by Crippen LogP contribution is -2.32. The number of aromatic carboxylic acids is 1. The number of hydrogen-bond acceptors (Lipinski definition) is 5. The maximum absolute atomic E-state index is 11.7. The Labute approximate surface area is 116 Å². The first-order chi connectivity index (χ1) is 9.39. The van der Waals surface area contributed by atoms with Gasteiger partial charge in [-0.3, -0.25) is 4.72 Å². The standard InChI is InChI=1S/C11H16N2O6S/c1-18-6-5-12-20(16,17)13-8-3-4-9(11(14)15)10(7-8)19-2/h3-4,7,12-13H,5-6H2,1-2H3,(H,14,15). The van der Waals surface area contributed by atoms with Crippen LogP contribution in [0.3, 0.4) is 0 Å². The molecule has 0 bridgehead atoms. The van der Waals surface area contributed by atoms with E-state index < -0.39 is 16.2 Å². The van der Waals surface area contributed by atoms with Crippen molar-refractivity contribution in [3.05, 3.63) is 23.8 Å². The molecule has 0 saturated carbocycles. The lowest BCUT2D eigenvalue weighted by Gasteiger charge is -2.11. The molecule has 0 saturated heterocycles. The third-order valence-corrected chi connectivity index (χ3v) is 3.37. The largest absolute Gasteiger partial charge is 0.496 e. The van der Waals surface area contributed by atoms with Crippen molar-refractivity contribution in [3.63, 3.8) is 0 Å². The van der Waals surface area contributed by atoms with Crippen LogP contribution < -0.4 is 14.2 Å². The van der Waals surface area contributed by atoms with Crippen LogP contribution >= 0.6 is 0 Å². The minimum atomic E-state index is -3.75. The summed E-state index contributed by atoms with van der Waals surface area (Å²) < 4.78 is 37.5. The predicted molar refractivity (Wildman–Crippen MR) is 72.4 cm³/mol. The fourth-order valence-corrected chi connectivity index (χ4v) is 2.26. The molecule has 0 radical (unpaired) electrons. The van der Waals surface area contributed by atoms with Gasteiger partial charge < -0.3 is 14.6 Å². The molecule has 20 heavy (non-hydrogen) atoms. The molecule has 0 aromatic heterocycles. The highest BCUT2D eigenvalue weighted by Crippen LogP contribution is 2.23. The molecule has 0 heterocycles. The summed E-state index contributed by atoms with van der Waals surface area (Å²) in [7, 11) is -0.990. The van der Waals surface area contributed by atoms with Gasteiger partial charge in [0.1, 0.15) is 11.3 Å². The molecule has 1 aromatic rings. The van der Waals surface area contributed by atoms with E-state index in [1.807, 2.05) is 0 Å². The van der Waals surface area contributed by atoms with Crippen molar-refractivity contribution in [2.24, 2.45) is 0 Å². The summed E-state index contributed by atoms with van der Waals surface area (Å²) in [5.74, 6) is -1.09. The van der Waals surface area contributed by atoms with Crippen LogP contribution in [0, 0.1) is 0 Å². The number of carboxylic acids is 1. The highest BCUT2D eigenvalue weighted by atomic mass is 32.2. The van der Waals surface area contributed by atoms with E-state index in [0.29, 0.717) is 0 Å². The fraction of sp³-hybridized carbons (Fsp3) is 0.364. The van der Waals surface area contributed by atoms with Crippen molar-refractivity contribution in [2.45, 2.75) is 0 Å². The van der Waals surface area contributed by atoms with Crippen molar-refractivity contribution >= 4 is 21.9 Å². The number of hydrogen-bond donors (Lipinski definition) is 3. The highest BCUT2D eigenvalue weighted by molar-refractivity contribution is 7.90. The molecule has 0 spiro atoms. The van der Waals surface area contributed by atoms with Gasteiger partial charge >= 0.3 is 5.97 Å². The summed E-state index contributed by atoms with van der Waals surface area (Å²) in [5.41, 5.74) is 0.138. The molecule has 8 nitrogen and oxygen atoms in total. The second-order valence-electron chi connectivity index (χ2n) is 3.71. The van der Waals surface area contributed by atoms with E-state index in [2.05, 4.69) is 9.44 Å². The number of anilines is 1. The summed E-state index contributed by atoms with van der Waals surface area (Å²) in [5, 5.41) is 8.92. The van der Waals surface area contributed by atoms with Gasteiger partial charge in [-0.1, -0.05) is 0 Å². The molecule has 0 aliphatic carbocycles. The Morgan fingerprint density at radius 3 is 2.60 bits per heavy atom. The van der Waals surface area contributed by atoms with Gasteiger partial charge in [-0.05, 0) is 12.1 Å². The minimum absolute atomic E-state index is 0.0530. The van der Waals surface area contributed by atoms with E-state index in [0.717, 1.165) is 0 Å². The van der Waals surface area contributed by atoms with Gasteiger partial charge in [0.15, 0.2) is 0 Å². The highest BCUT2D eigenvalue weighted by Gasteiger charge is 2.14. The number of benzene rings is 1. The van der Waals surface area contributed by atoms with E-state index in [-0.39, 0.29) is 30.2 Å². The van der Waals surface area contributed by atoms with E-state index in [1.165, 1.54) is 32.4 Å². The van der Waals surface area contributed by atoms with E-state index in [1.54, 1.807) is 0 Å². The zero-order valence-corrected chi connectivity index (χ0v) is 11.9. The maximum Gasteiger partial charge on any atom is 0.339 e. The van der Waals surface area contributed by atoms with Gasteiger partial charge in [-0.2, -0.15) is 13.1 Å². The van der Waals surface area contributed by atoms with Crippen LogP contribution in [0.25, 0.3) is 0 Å². The smallest absolute Gasteiger partial charge is 0.339 e. The first kappa shape index (κ1) is 16.2. The molecule has 3 N–H and O–H groups in total. The van der Waals surface area contributed by atoms with Crippen molar-refractivity contribution in [1.29, 1.82) is 0 Å². The van der Waals surface area contributed by atoms with Gasteiger partial charge in [-0.25, -0.2) is 4.79 Å². The second-order valence-corrected chi connectivity index (χ2v) is 5.21. The van der Waals surface area contributed by atoms with Gasteiger partial charge in [0.25, 0.3) is 10.2 Å². The third-order valence-electron chi connectivity index (χ3n) is 2.28. The summed E-state index contributed by atoms with van der Waals surface area (Å²) in [6, 6.07) is 3.88. The van der Waals surface area contributed by atoms with Crippen LogP contribution in [0.4, 0.5) is 5.69 Å². The van der Waals surface area contributed by atoms with Crippen LogP contribution in [0.1, 0.15) is 10.4 Å². The lowest BCUT2D eigenvalue weighted by molar-refractivity contribution is 0.0693. The van der Waals surface area contributed by atoms with Crippen molar-refractivity contribution in [1.82, 2.24) is 4.72 Å². The summed E-state index contributed by atoms with van der Waals surface area (Å²) in [4.78, 5) is 10.9. The van der Waals surface area contributed by atoms with Crippen LogP contribution in [0.2, 0.25) is 0 Å². The van der Waals surface area contributed by atoms with E-state index in [4.69, 9.17) is 14.6 Å². The van der Waals surface area contributed by atoms with Crippen LogP contribution in [0.5, 0.6) is 5.75 Å². The van der Waals surface area contributed by atoms with Gasteiger partial charge in [0.05, 0.1) is 19.4 Å². The lowest BCUT2D eigenvalue weighted by atomic mass is 10.2.